The minimum Gasteiger partial charge on any atom is -0.398 e. The Morgan fingerprint density at radius 1 is 1.24 bits per heavy atom. The molecule has 0 aliphatic carbocycles. The molecular formula is C11H20BN3O2. The fourth-order valence-corrected chi connectivity index (χ4v) is 1.72. The lowest BCUT2D eigenvalue weighted by Crippen LogP contribution is -2.41. The van der Waals surface area contributed by atoms with Crippen molar-refractivity contribution >= 4 is 12.7 Å². The summed E-state index contributed by atoms with van der Waals surface area (Å²) in [5.74, 6) is 0. The van der Waals surface area contributed by atoms with Gasteiger partial charge >= 0.3 is 7.12 Å². The van der Waals surface area contributed by atoms with Crippen LogP contribution in [-0.2, 0) is 15.9 Å². The van der Waals surface area contributed by atoms with Crippen molar-refractivity contribution in [2.24, 2.45) is 0 Å². The molecule has 0 spiro atoms. The van der Waals surface area contributed by atoms with E-state index in [-0.39, 0.29) is 11.2 Å². The molecule has 0 unspecified atom stereocenters. The predicted molar refractivity (Wildman–Crippen MR) is 66.0 cm³/mol. The highest BCUT2D eigenvalue weighted by molar-refractivity contribution is 6.61. The maximum Gasteiger partial charge on any atom is 0.518 e. The van der Waals surface area contributed by atoms with E-state index in [9.17, 15) is 0 Å². The molecule has 1 aliphatic heterocycles. The van der Waals surface area contributed by atoms with Gasteiger partial charge in [0.1, 0.15) is 5.59 Å². The standard InChI is InChI=1S/C11H20BN3O2/c1-6-7-15-8-9(13-14-15)12-16-10(2,3)11(4,5)17-12/h8H,6-7H2,1-5H3. The Hall–Kier alpha value is -0.875. The summed E-state index contributed by atoms with van der Waals surface area (Å²) in [6.07, 6.45) is 2.93. The van der Waals surface area contributed by atoms with Crippen LogP contribution in [0.4, 0.5) is 0 Å². The van der Waals surface area contributed by atoms with Gasteiger partial charge in [-0.3, -0.25) is 4.68 Å². The molecule has 0 N–H and O–H groups in total. The molecule has 5 nitrogen and oxygen atoms in total. The highest BCUT2D eigenvalue weighted by Gasteiger charge is 2.52. The zero-order chi connectivity index (χ0) is 12.7. The van der Waals surface area contributed by atoms with E-state index >= 15 is 0 Å². The second-order valence-electron chi connectivity index (χ2n) is 5.49. The van der Waals surface area contributed by atoms with Crippen LogP contribution in [0.15, 0.2) is 6.20 Å². The first-order valence-electron chi connectivity index (χ1n) is 6.11. The van der Waals surface area contributed by atoms with Crippen molar-refractivity contribution in [3.8, 4) is 0 Å². The second kappa shape index (κ2) is 4.10. The SMILES string of the molecule is CCCn1cc(B2OC(C)(C)C(C)(C)O2)nn1. The van der Waals surface area contributed by atoms with E-state index in [1.165, 1.54) is 0 Å². The van der Waals surface area contributed by atoms with Crippen LogP contribution in [-0.4, -0.2) is 33.3 Å². The van der Waals surface area contributed by atoms with E-state index in [0.717, 1.165) is 18.6 Å². The minimum absolute atomic E-state index is 0.327. The van der Waals surface area contributed by atoms with Gasteiger partial charge in [-0.05, 0) is 34.1 Å². The van der Waals surface area contributed by atoms with E-state index < -0.39 is 7.12 Å². The van der Waals surface area contributed by atoms with E-state index in [2.05, 4.69) is 17.2 Å². The molecule has 2 heterocycles. The molecule has 2 rings (SSSR count). The number of rotatable bonds is 3. The van der Waals surface area contributed by atoms with Crippen molar-refractivity contribution in [3.05, 3.63) is 6.20 Å². The van der Waals surface area contributed by atoms with Crippen molar-refractivity contribution in [1.29, 1.82) is 0 Å². The molecule has 0 saturated carbocycles. The molecule has 1 saturated heterocycles. The first-order chi connectivity index (χ1) is 7.86. The maximum atomic E-state index is 5.90. The summed E-state index contributed by atoms with van der Waals surface area (Å²) in [5.41, 5.74) is 0.0930. The molecule has 6 heteroatoms. The fraction of sp³-hybridized carbons (Fsp3) is 0.818. The molecule has 0 radical (unpaired) electrons. The normalized spacial score (nSPS) is 22.1. The van der Waals surface area contributed by atoms with Crippen LogP contribution in [0.1, 0.15) is 41.0 Å². The zero-order valence-electron chi connectivity index (χ0n) is 11.2. The van der Waals surface area contributed by atoms with Crippen molar-refractivity contribution in [1.82, 2.24) is 15.0 Å². The molecule has 94 valence electrons. The lowest BCUT2D eigenvalue weighted by atomic mass is 9.86. The lowest BCUT2D eigenvalue weighted by molar-refractivity contribution is 0.00578. The van der Waals surface area contributed by atoms with E-state index in [1.807, 2.05) is 38.6 Å². The summed E-state index contributed by atoms with van der Waals surface area (Å²) < 4.78 is 13.6. The summed E-state index contributed by atoms with van der Waals surface area (Å²) >= 11 is 0. The zero-order valence-corrected chi connectivity index (χ0v) is 11.2. The second-order valence-corrected chi connectivity index (χ2v) is 5.49. The highest BCUT2D eigenvalue weighted by atomic mass is 16.7. The molecular weight excluding hydrogens is 217 g/mol. The van der Waals surface area contributed by atoms with E-state index in [1.54, 1.807) is 0 Å². The molecule has 0 bridgehead atoms. The number of aryl methyl sites for hydroxylation is 1. The van der Waals surface area contributed by atoms with Gasteiger partial charge in [0.25, 0.3) is 0 Å². The summed E-state index contributed by atoms with van der Waals surface area (Å²) in [7, 11) is -0.411. The van der Waals surface area contributed by atoms with Gasteiger partial charge in [-0.1, -0.05) is 12.1 Å². The number of aromatic nitrogens is 3. The average Bonchev–Trinajstić information content (AvgIpc) is 2.71. The van der Waals surface area contributed by atoms with Crippen LogP contribution in [0.25, 0.3) is 0 Å². The fourth-order valence-electron chi connectivity index (χ4n) is 1.72. The van der Waals surface area contributed by atoms with Crippen molar-refractivity contribution in [3.63, 3.8) is 0 Å². The summed E-state index contributed by atoms with van der Waals surface area (Å²) in [6.45, 7) is 11.1. The van der Waals surface area contributed by atoms with Gasteiger partial charge in [0.15, 0.2) is 0 Å². The van der Waals surface area contributed by atoms with Crippen molar-refractivity contribution < 1.29 is 9.31 Å². The molecule has 1 fully saturated rings. The Kier molecular flexibility index (Phi) is 3.03. The van der Waals surface area contributed by atoms with Gasteiger partial charge in [-0.2, -0.15) is 0 Å². The predicted octanol–water partition coefficient (Wildman–Crippen LogP) is 0.987. The third kappa shape index (κ3) is 2.24. The van der Waals surface area contributed by atoms with Gasteiger partial charge in [-0.15, -0.1) is 5.10 Å². The number of nitrogens with zero attached hydrogens (tertiary/aromatic N) is 3. The van der Waals surface area contributed by atoms with E-state index in [4.69, 9.17) is 9.31 Å². The Morgan fingerprint density at radius 2 is 1.82 bits per heavy atom. The molecule has 0 aromatic carbocycles. The molecule has 0 atom stereocenters. The van der Waals surface area contributed by atoms with Crippen molar-refractivity contribution in [2.75, 3.05) is 0 Å². The average molecular weight is 237 g/mol. The van der Waals surface area contributed by atoms with Crippen LogP contribution in [0.3, 0.4) is 0 Å². The molecule has 1 aromatic rings. The Labute approximate surface area is 103 Å². The van der Waals surface area contributed by atoms with Crippen LogP contribution < -0.4 is 5.59 Å². The number of hydrogen-bond donors (Lipinski definition) is 0. The molecule has 1 aromatic heterocycles. The first kappa shape index (κ1) is 12.6. The summed E-state index contributed by atoms with van der Waals surface area (Å²) in [6, 6.07) is 0. The quantitative estimate of drug-likeness (QED) is 0.735. The van der Waals surface area contributed by atoms with Gasteiger partial charge in [0.2, 0.25) is 0 Å². The van der Waals surface area contributed by atoms with Crippen molar-refractivity contribution in [2.45, 2.75) is 58.8 Å². The largest absolute Gasteiger partial charge is 0.518 e. The van der Waals surface area contributed by atoms with Gasteiger partial charge in [0, 0.05) is 12.7 Å². The van der Waals surface area contributed by atoms with Crippen LogP contribution in [0.5, 0.6) is 0 Å². The molecule has 1 aliphatic rings. The smallest absolute Gasteiger partial charge is 0.398 e. The van der Waals surface area contributed by atoms with Crippen LogP contribution >= 0.6 is 0 Å². The Balaban J connectivity index is 2.14. The Bertz CT molecular complexity index is 387. The first-order valence-corrected chi connectivity index (χ1v) is 6.11. The topological polar surface area (TPSA) is 49.2 Å². The maximum absolute atomic E-state index is 5.90. The van der Waals surface area contributed by atoms with Crippen LogP contribution in [0.2, 0.25) is 0 Å². The summed E-state index contributed by atoms with van der Waals surface area (Å²) in [5, 5.41) is 8.16. The molecule has 0 amide bonds. The van der Waals surface area contributed by atoms with Gasteiger partial charge < -0.3 is 9.31 Å². The van der Waals surface area contributed by atoms with Gasteiger partial charge in [-0.25, -0.2) is 0 Å². The van der Waals surface area contributed by atoms with Crippen LogP contribution in [0, 0.1) is 0 Å². The highest BCUT2D eigenvalue weighted by Crippen LogP contribution is 2.36. The van der Waals surface area contributed by atoms with Gasteiger partial charge in [0.05, 0.1) is 11.2 Å². The monoisotopic (exact) mass is 237 g/mol. The summed E-state index contributed by atoms with van der Waals surface area (Å²) in [4.78, 5) is 0. The van der Waals surface area contributed by atoms with E-state index in [0.29, 0.717) is 0 Å². The third-order valence-electron chi connectivity index (χ3n) is 3.50. The molecule has 17 heavy (non-hydrogen) atoms. The lowest BCUT2D eigenvalue weighted by Gasteiger charge is -2.32. The third-order valence-corrected chi connectivity index (χ3v) is 3.50. The minimum atomic E-state index is -0.411. The Morgan fingerprint density at radius 3 is 2.35 bits per heavy atom. The number of hydrogen-bond acceptors (Lipinski definition) is 4.